The van der Waals surface area contributed by atoms with Crippen LogP contribution in [0.3, 0.4) is 0 Å². The Morgan fingerprint density at radius 2 is 1.51 bits per heavy atom. The Kier molecular flexibility index (Phi) is 10.1. The maximum atomic E-state index is 12.8. The number of hydrogen-bond acceptors (Lipinski definition) is 10. The van der Waals surface area contributed by atoms with E-state index < -0.39 is 42.6 Å². The number of aliphatic hydroxyl groups is 3. The second-order valence-corrected chi connectivity index (χ2v) is 9.78. The molecule has 12 heteroatoms. The average Bonchev–Trinajstić information content (AvgIpc) is 2.97. The Bertz CT molecular complexity index is 1400. The average molecular weight is 585 g/mol. The van der Waals surface area contributed by atoms with Gasteiger partial charge in [-0.3, -0.25) is 4.79 Å². The first-order valence-electron chi connectivity index (χ1n) is 12.7. The molecule has 0 spiro atoms. The van der Waals surface area contributed by atoms with Crippen LogP contribution in [0.4, 0.5) is 5.69 Å². The maximum absolute atomic E-state index is 12.8. The molecular formula is C29H29ClN2O9. The zero-order valence-electron chi connectivity index (χ0n) is 21.6. The molecule has 41 heavy (non-hydrogen) atoms. The summed E-state index contributed by atoms with van der Waals surface area (Å²) < 4.78 is 10.2. The number of carboxylic acids is 1. The number of halogens is 1. The van der Waals surface area contributed by atoms with Gasteiger partial charge in [-0.15, -0.1) is 0 Å². The van der Waals surface area contributed by atoms with Crippen LogP contribution in [-0.2, 0) is 14.3 Å². The first-order valence-corrected chi connectivity index (χ1v) is 13.1. The zero-order chi connectivity index (χ0) is 29.5. The lowest BCUT2D eigenvalue weighted by atomic mass is 9.99. The van der Waals surface area contributed by atoms with Crippen LogP contribution in [0.25, 0.3) is 11.1 Å². The van der Waals surface area contributed by atoms with Crippen LogP contribution < -0.4 is 10.6 Å². The van der Waals surface area contributed by atoms with E-state index in [1.54, 1.807) is 42.5 Å². The van der Waals surface area contributed by atoms with Crippen molar-refractivity contribution in [2.24, 2.45) is 0 Å². The number of anilines is 1. The first-order chi connectivity index (χ1) is 19.6. The molecular weight excluding hydrogens is 556 g/mol. The van der Waals surface area contributed by atoms with Crippen molar-refractivity contribution in [3.63, 3.8) is 0 Å². The van der Waals surface area contributed by atoms with Crippen molar-refractivity contribution >= 4 is 35.0 Å². The van der Waals surface area contributed by atoms with Gasteiger partial charge in [-0.2, -0.15) is 0 Å². The standard InChI is InChI=1S/C29H29ClN2O9/c30-20-8-2-6-18(13-20)22(33)15-31-10-11-32-21-9-3-5-17(14-21)16-4-1-7-19(12-16)28(39)41-29-25(36)23(34)24(35)26(40-29)27(37)38/h1-9,12-14,23-26,29,31-32,34-36H,10-11,15H2,(H,37,38)/t23-,24-,25+,26-,29-/m0/s1. The number of hydrogen-bond donors (Lipinski definition) is 6. The van der Waals surface area contributed by atoms with Crippen molar-refractivity contribution in [2.45, 2.75) is 30.7 Å². The number of ketones is 1. The van der Waals surface area contributed by atoms with E-state index in [2.05, 4.69) is 10.6 Å². The highest BCUT2D eigenvalue weighted by atomic mass is 35.5. The highest BCUT2D eigenvalue weighted by Crippen LogP contribution is 2.26. The van der Waals surface area contributed by atoms with Crippen LogP contribution in [0.5, 0.6) is 0 Å². The fraction of sp³-hybridized carbons (Fsp3) is 0.276. The Balaban J connectivity index is 1.33. The van der Waals surface area contributed by atoms with Crippen LogP contribution in [0, 0.1) is 0 Å². The number of carboxylic acid groups (broad SMARTS) is 1. The molecule has 1 aliphatic rings. The maximum Gasteiger partial charge on any atom is 0.340 e. The quantitative estimate of drug-likeness (QED) is 0.110. The molecule has 0 unspecified atom stereocenters. The van der Waals surface area contributed by atoms with Crippen LogP contribution in [0.15, 0.2) is 72.8 Å². The van der Waals surface area contributed by atoms with Gasteiger partial charge in [0.05, 0.1) is 12.1 Å². The predicted molar refractivity (Wildman–Crippen MR) is 149 cm³/mol. The summed E-state index contributed by atoms with van der Waals surface area (Å²) in [7, 11) is 0. The SMILES string of the molecule is O=C(CNCCNc1cccc(-c2cccc(C(=O)O[C@@H]3O[C@H](C(=O)O)[C@@H](O)[C@H](O)[C@H]3O)c2)c1)c1cccc(Cl)c1. The molecule has 0 saturated carbocycles. The summed E-state index contributed by atoms with van der Waals surface area (Å²) in [5, 5.41) is 45.9. The first kappa shape index (κ1) is 30.1. The van der Waals surface area contributed by atoms with Gasteiger partial charge < -0.3 is 40.5 Å². The van der Waals surface area contributed by atoms with E-state index >= 15 is 0 Å². The van der Waals surface area contributed by atoms with Gasteiger partial charge in [-0.1, -0.05) is 48.0 Å². The van der Waals surface area contributed by atoms with Gasteiger partial charge in [0.1, 0.15) is 18.3 Å². The molecule has 216 valence electrons. The molecule has 1 aliphatic heterocycles. The normalized spacial score (nSPS) is 22.1. The van der Waals surface area contributed by atoms with Crippen molar-refractivity contribution in [2.75, 3.05) is 25.0 Å². The summed E-state index contributed by atoms with van der Waals surface area (Å²) in [5.74, 6) is -2.56. The van der Waals surface area contributed by atoms with Crippen molar-refractivity contribution in [1.29, 1.82) is 0 Å². The zero-order valence-corrected chi connectivity index (χ0v) is 22.4. The van der Waals surface area contributed by atoms with Crippen molar-refractivity contribution in [3.8, 4) is 11.1 Å². The van der Waals surface area contributed by atoms with E-state index in [4.69, 9.17) is 21.1 Å². The van der Waals surface area contributed by atoms with Crippen LogP contribution >= 0.6 is 11.6 Å². The molecule has 11 nitrogen and oxygen atoms in total. The highest BCUT2D eigenvalue weighted by Gasteiger charge is 2.48. The number of aliphatic carboxylic acids is 1. The predicted octanol–water partition coefficient (Wildman–Crippen LogP) is 1.94. The monoisotopic (exact) mass is 584 g/mol. The molecule has 4 rings (SSSR count). The minimum atomic E-state index is -1.89. The number of ether oxygens (including phenoxy) is 2. The molecule has 6 N–H and O–H groups in total. The fourth-order valence-electron chi connectivity index (χ4n) is 4.22. The number of benzene rings is 3. The van der Waals surface area contributed by atoms with E-state index in [-0.39, 0.29) is 17.9 Å². The molecule has 0 aliphatic carbocycles. The molecule has 1 heterocycles. The van der Waals surface area contributed by atoms with Crippen LogP contribution in [0.2, 0.25) is 5.02 Å². The van der Waals surface area contributed by atoms with Crippen LogP contribution in [0.1, 0.15) is 20.7 Å². The van der Waals surface area contributed by atoms with Crippen molar-refractivity contribution in [3.05, 3.63) is 88.9 Å². The Labute approximate surface area is 240 Å². The Morgan fingerprint density at radius 1 is 0.829 bits per heavy atom. The lowest BCUT2D eigenvalue weighted by molar-refractivity contribution is -0.278. The van der Waals surface area contributed by atoms with Gasteiger partial charge in [0.15, 0.2) is 11.9 Å². The summed E-state index contributed by atoms with van der Waals surface area (Å²) in [6.07, 6.45) is -9.31. The lowest BCUT2D eigenvalue weighted by Crippen LogP contribution is -2.60. The van der Waals surface area contributed by atoms with Gasteiger partial charge in [0, 0.05) is 29.4 Å². The molecule has 3 aromatic carbocycles. The largest absolute Gasteiger partial charge is 0.479 e. The number of carbonyl (C=O) groups is 3. The van der Waals surface area contributed by atoms with Gasteiger partial charge in [-0.05, 0) is 47.5 Å². The third kappa shape index (κ3) is 7.67. The minimum Gasteiger partial charge on any atom is -0.479 e. The van der Waals surface area contributed by atoms with Crippen LogP contribution in [-0.4, -0.2) is 88.5 Å². The lowest BCUT2D eigenvalue weighted by Gasteiger charge is -2.37. The third-order valence-corrected chi connectivity index (χ3v) is 6.63. The van der Waals surface area contributed by atoms with Crippen molar-refractivity contribution in [1.82, 2.24) is 5.32 Å². The summed E-state index contributed by atoms with van der Waals surface area (Å²) in [4.78, 5) is 36.3. The summed E-state index contributed by atoms with van der Waals surface area (Å²) in [5.41, 5.74) is 2.91. The summed E-state index contributed by atoms with van der Waals surface area (Å²) in [6, 6.07) is 20.7. The third-order valence-electron chi connectivity index (χ3n) is 6.39. The number of esters is 1. The second-order valence-electron chi connectivity index (χ2n) is 9.34. The van der Waals surface area contributed by atoms with Gasteiger partial charge in [0.25, 0.3) is 0 Å². The van der Waals surface area contributed by atoms with E-state index in [1.165, 1.54) is 6.07 Å². The van der Waals surface area contributed by atoms with Gasteiger partial charge in [-0.25, -0.2) is 9.59 Å². The van der Waals surface area contributed by atoms with E-state index in [1.807, 2.05) is 24.3 Å². The minimum absolute atomic E-state index is 0.0621. The highest BCUT2D eigenvalue weighted by molar-refractivity contribution is 6.31. The van der Waals surface area contributed by atoms with E-state index in [0.29, 0.717) is 29.2 Å². The van der Waals surface area contributed by atoms with Crippen molar-refractivity contribution < 1.29 is 44.3 Å². The molecule has 0 radical (unpaired) electrons. The summed E-state index contributed by atoms with van der Waals surface area (Å²) in [6.45, 7) is 1.24. The molecule has 1 fully saturated rings. The molecule has 1 saturated heterocycles. The van der Waals surface area contributed by atoms with E-state index in [0.717, 1.165) is 11.3 Å². The Morgan fingerprint density at radius 3 is 2.24 bits per heavy atom. The second kappa shape index (κ2) is 13.7. The number of rotatable bonds is 11. The molecule has 0 amide bonds. The number of aliphatic hydroxyl groups excluding tert-OH is 3. The van der Waals surface area contributed by atoms with E-state index in [9.17, 15) is 34.8 Å². The number of Topliss-reactive ketones (excluding diaryl/α,β-unsaturated/α-hetero) is 1. The number of nitrogens with one attached hydrogen (secondary N) is 2. The summed E-state index contributed by atoms with van der Waals surface area (Å²) >= 11 is 5.94. The van der Waals surface area contributed by atoms with Gasteiger partial charge >= 0.3 is 11.9 Å². The number of carbonyl (C=O) groups excluding carboxylic acids is 2. The Hall–Kier alpha value is -3.84. The topological polar surface area (TPSA) is 175 Å². The molecule has 3 aromatic rings. The molecule has 0 bridgehead atoms. The fourth-order valence-corrected chi connectivity index (χ4v) is 4.41. The molecule has 0 aromatic heterocycles. The smallest absolute Gasteiger partial charge is 0.340 e. The molecule has 5 atom stereocenters. The van der Waals surface area contributed by atoms with Gasteiger partial charge in [0.2, 0.25) is 6.29 Å².